The summed E-state index contributed by atoms with van der Waals surface area (Å²) in [7, 11) is 0. The Labute approximate surface area is 194 Å². The molecule has 4 rings (SSSR count). The number of likely N-dealkylation sites (N-methyl/N-ethyl adjacent to an activating group) is 1. The largest absolute Gasteiger partial charge is 0.287 e. The monoisotopic (exact) mass is 468 g/mol. The molecule has 0 N–H and O–H groups in total. The van der Waals surface area contributed by atoms with E-state index >= 15 is 0 Å². The highest BCUT2D eigenvalue weighted by Gasteiger charge is 2.32. The molecule has 1 fully saturated rings. The van der Waals surface area contributed by atoms with Gasteiger partial charge in [-0.3, -0.25) is 9.69 Å². The van der Waals surface area contributed by atoms with Crippen molar-refractivity contribution >= 4 is 58.0 Å². The van der Waals surface area contributed by atoms with Gasteiger partial charge in [-0.15, -0.1) is 0 Å². The van der Waals surface area contributed by atoms with Crippen molar-refractivity contribution in [3.05, 3.63) is 94.1 Å². The molecule has 0 bridgehead atoms. The van der Waals surface area contributed by atoms with Crippen molar-refractivity contribution in [3.63, 3.8) is 0 Å². The van der Waals surface area contributed by atoms with E-state index in [-0.39, 0.29) is 11.7 Å². The molecule has 3 aromatic carbocycles. The van der Waals surface area contributed by atoms with E-state index in [1.165, 1.54) is 23.9 Å². The van der Waals surface area contributed by atoms with Gasteiger partial charge >= 0.3 is 0 Å². The molecule has 156 valence electrons. The molecule has 1 aliphatic heterocycles. The van der Waals surface area contributed by atoms with Crippen molar-refractivity contribution < 1.29 is 9.18 Å². The second-order valence-electron chi connectivity index (χ2n) is 6.62. The van der Waals surface area contributed by atoms with Gasteiger partial charge in [-0.1, -0.05) is 41.6 Å². The van der Waals surface area contributed by atoms with E-state index in [1.807, 2.05) is 61.5 Å². The summed E-state index contributed by atoms with van der Waals surface area (Å²) in [6, 6.07) is 21.5. The molecule has 0 atom stereocenters. The van der Waals surface area contributed by atoms with Crippen LogP contribution in [0.1, 0.15) is 12.5 Å². The highest BCUT2D eigenvalue weighted by Crippen LogP contribution is 2.37. The lowest BCUT2D eigenvalue weighted by molar-refractivity contribution is -0.122. The highest BCUT2D eigenvalue weighted by molar-refractivity contribution is 8.18. The number of aliphatic imine (C=N–C) groups is 1. The summed E-state index contributed by atoms with van der Waals surface area (Å²) in [6.45, 7) is 2.41. The third-order valence-corrected chi connectivity index (χ3v) is 6.86. The number of carbonyl (C=O) groups excluding carboxylic acids is 1. The van der Waals surface area contributed by atoms with Gasteiger partial charge in [-0.05, 0) is 84.9 Å². The summed E-state index contributed by atoms with van der Waals surface area (Å²) in [5.74, 6) is -0.401. The van der Waals surface area contributed by atoms with Crippen LogP contribution in [0.25, 0.3) is 6.08 Å². The van der Waals surface area contributed by atoms with E-state index in [1.54, 1.807) is 28.8 Å². The Balaban J connectivity index is 1.63. The Morgan fingerprint density at radius 2 is 1.77 bits per heavy atom. The maximum atomic E-state index is 13.2. The fourth-order valence-electron chi connectivity index (χ4n) is 2.96. The van der Waals surface area contributed by atoms with Crippen molar-refractivity contribution in [3.8, 4) is 0 Å². The number of halogens is 2. The first-order chi connectivity index (χ1) is 15.0. The fourth-order valence-corrected chi connectivity index (χ4v) is 5.06. The first-order valence-electron chi connectivity index (χ1n) is 9.61. The fraction of sp³-hybridized carbons (Fsp3) is 0.0833. The van der Waals surface area contributed by atoms with Crippen LogP contribution < -0.4 is 0 Å². The van der Waals surface area contributed by atoms with Crippen molar-refractivity contribution in [2.45, 2.75) is 16.7 Å². The van der Waals surface area contributed by atoms with Crippen LogP contribution in [-0.2, 0) is 4.79 Å². The number of benzene rings is 3. The van der Waals surface area contributed by atoms with Crippen LogP contribution in [-0.4, -0.2) is 22.5 Å². The number of amides is 1. The van der Waals surface area contributed by atoms with Crippen LogP contribution >= 0.6 is 35.1 Å². The smallest absolute Gasteiger partial charge is 0.266 e. The number of carbonyl (C=O) groups is 1. The van der Waals surface area contributed by atoms with E-state index in [9.17, 15) is 9.18 Å². The van der Waals surface area contributed by atoms with Crippen LogP contribution in [0.15, 0.2) is 92.5 Å². The number of hydrogen-bond acceptors (Lipinski definition) is 4. The minimum atomic E-state index is -0.318. The average molecular weight is 469 g/mol. The molecule has 0 radical (unpaired) electrons. The summed E-state index contributed by atoms with van der Waals surface area (Å²) in [5, 5.41) is 1.29. The molecule has 0 aliphatic carbocycles. The Morgan fingerprint density at radius 1 is 1.06 bits per heavy atom. The Hall–Kier alpha value is -2.54. The summed E-state index contributed by atoms with van der Waals surface area (Å²) >= 11 is 8.93. The first-order valence-corrected chi connectivity index (χ1v) is 11.6. The summed E-state index contributed by atoms with van der Waals surface area (Å²) in [6.07, 6.45) is 1.90. The molecule has 7 heteroatoms. The van der Waals surface area contributed by atoms with E-state index < -0.39 is 0 Å². The van der Waals surface area contributed by atoms with Gasteiger partial charge in [0.15, 0.2) is 5.17 Å². The molecule has 0 spiro atoms. The predicted octanol–water partition coefficient (Wildman–Crippen LogP) is 7.25. The van der Waals surface area contributed by atoms with Crippen LogP contribution in [0, 0.1) is 5.82 Å². The molecule has 1 amide bonds. The van der Waals surface area contributed by atoms with Gasteiger partial charge in [0.05, 0.1) is 10.6 Å². The second kappa shape index (κ2) is 9.73. The van der Waals surface area contributed by atoms with Gasteiger partial charge in [-0.2, -0.15) is 0 Å². The first kappa shape index (κ1) is 21.7. The summed E-state index contributed by atoms with van der Waals surface area (Å²) in [4.78, 5) is 21.9. The predicted molar refractivity (Wildman–Crippen MR) is 128 cm³/mol. The Morgan fingerprint density at radius 3 is 2.48 bits per heavy atom. The number of nitrogens with zero attached hydrogens (tertiary/aromatic N) is 2. The molecule has 0 aromatic heterocycles. The quantitative estimate of drug-likeness (QED) is 0.369. The summed E-state index contributed by atoms with van der Waals surface area (Å²) < 4.78 is 13.2. The van der Waals surface area contributed by atoms with E-state index in [0.29, 0.717) is 27.3 Å². The van der Waals surface area contributed by atoms with Crippen LogP contribution in [0.2, 0.25) is 5.02 Å². The standard InChI is InChI=1S/C24H18ClFN2OS2/c1-2-28-23(29)22(31-24(28)27-19-11-9-18(26)10-12-19)15-16-5-3-4-6-21(16)30-20-13-7-17(25)8-14-20/h3-15H,2H2,1H3/b22-15-,27-24?. The van der Waals surface area contributed by atoms with Crippen LogP contribution in [0.4, 0.5) is 10.1 Å². The zero-order valence-electron chi connectivity index (χ0n) is 16.6. The minimum absolute atomic E-state index is 0.0837. The maximum Gasteiger partial charge on any atom is 0.266 e. The lowest BCUT2D eigenvalue weighted by Crippen LogP contribution is -2.28. The van der Waals surface area contributed by atoms with E-state index in [0.717, 1.165) is 15.4 Å². The maximum absolute atomic E-state index is 13.2. The van der Waals surface area contributed by atoms with Crippen molar-refractivity contribution in [1.82, 2.24) is 4.90 Å². The third-order valence-electron chi connectivity index (χ3n) is 4.50. The minimum Gasteiger partial charge on any atom is -0.287 e. The van der Waals surface area contributed by atoms with Gasteiger partial charge in [-0.25, -0.2) is 9.38 Å². The lowest BCUT2D eigenvalue weighted by Gasteiger charge is -2.12. The second-order valence-corrected chi connectivity index (χ2v) is 9.19. The number of amidine groups is 1. The zero-order valence-corrected chi connectivity index (χ0v) is 19.0. The third kappa shape index (κ3) is 5.21. The molecule has 1 saturated heterocycles. The molecular weight excluding hydrogens is 451 g/mol. The van der Waals surface area contributed by atoms with Gasteiger partial charge in [0.2, 0.25) is 0 Å². The summed E-state index contributed by atoms with van der Waals surface area (Å²) in [5.41, 5.74) is 1.56. The number of rotatable bonds is 5. The van der Waals surface area contributed by atoms with Crippen molar-refractivity contribution in [2.24, 2.45) is 4.99 Å². The molecule has 31 heavy (non-hydrogen) atoms. The molecule has 0 saturated carbocycles. The van der Waals surface area contributed by atoms with E-state index in [2.05, 4.69) is 4.99 Å². The molecule has 3 nitrogen and oxygen atoms in total. The lowest BCUT2D eigenvalue weighted by atomic mass is 10.2. The molecular formula is C24H18ClFN2OS2. The van der Waals surface area contributed by atoms with Crippen molar-refractivity contribution in [2.75, 3.05) is 6.54 Å². The van der Waals surface area contributed by atoms with E-state index in [4.69, 9.17) is 11.6 Å². The molecule has 1 aliphatic rings. The normalized spacial score (nSPS) is 16.5. The molecule has 1 heterocycles. The van der Waals surface area contributed by atoms with Gasteiger partial charge < -0.3 is 0 Å². The topological polar surface area (TPSA) is 32.7 Å². The Bertz CT molecular complexity index is 1160. The van der Waals surface area contributed by atoms with Crippen LogP contribution in [0.5, 0.6) is 0 Å². The van der Waals surface area contributed by atoms with Gasteiger partial charge in [0, 0.05) is 21.4 Å². The zero-order chi connectivity index (χ0) is 21.8. The number of hydrogen-bond donors (Lipinski definition) is 0. The highest BCUT2D eigenvalue weighted by atomic mass is 35.5. The number of thioether (sulfide) groups is 1. The SMILES string of the molecule is CCN1C(=O)/C(=C/c2ccccc2Sc2ccc(Cl)cc2)SC1=Nc1ccc(F)cc1. The van der Waals surface area contributed by atoms with Gasteiger partial charge in [0.1, 0.15) is 5.82 Å². The van der Waals surface area contributed by atoms with Crippen LogP contribution in [0.3, 0.4) is 0 Å². The molecule has 3 aromatic rings. The average Bonchev–Trinajstić information content (AvgIpc) is 3.06. The van der Waals surface area contributed by atoms with Gasteiger partial charge in [0.25, 0.3) is 5.91 Å². The molecule has 0 unspecified atom stereocenters. The Kier molecular flexibility index (Phi) is 6.80. The van der Waals surface area contributed by atoms with Crippen molar-refractivity contribution in [1.29, 1.82) is 0 Å².